The SMILES string of the molecule is CC(=O)NCc1ccc(C(=O)OCC(=O)N(/N=C/c2ccccc2)c2cccc(C(F)(F)F)c2)cc1. The number of halogens is 3. The van der Waals surface area contributed by atoms with E-state index < -0.39 is 30.2 Å². The molecule has 0 radical (unpaired) electrons. The highest BCUT2D eigenvalue weighted by Crippen LogP contribution is 2.31. The number of hydrogen-bond acceptors (Lipinski definition) is 5. The molecule has 0 aliphatic rings. The molecule has 0 fully saturated rings. The van der Waals surface area contributed by atoms with E-state index in [2.05, 4.69) is 10.4 Å². The van der Waals surface area contributed by atoms with Crippen molar-refractivity contribution in [2.45, 2.75) is 19.6 Å². The topological polar surface area (TPSA) is 88.1 Å². The van der Waals surface area contributed by atoms with Crippen LogP contribution in [0, 0.1) is 0 Å². The van der Waals surface area contributed by atoms with Gasteiger partial charge in [-0.2, -0.15) is 23.3 Å². The average molecular weight is 497 g/mol. The minimum Gasteiger partial charge on any atom is -0.452 e. The van der Waals surface area contributed by atoms with Crippen LogP contribution in [0.5, 0.6) is 0 Å². The van der Waals surface area contributed by atoms with Crippen LogP contribution < -0.4 is 10.3 Å². The summed E-state index contributed by atoms with van der Waals surface area (Å²) in [5.74, 6) is -1.85. The Morgan fingerprint density at radius 1 is 0.972 bits per heavy atom. The Morgan fingerprint density at radius 3 is 2.31 bits per heavy atom. The van der Waals surface area contributed by atoms with Gasteiger partial charge in [0, 0.05) is 13.5 Å². The number of amides is 2. The number of hydrogen-bond donors (Lipinski definition) is 1. The molecule has 7 nitrogen and oxygen atoms in total. The number of carbonyl (C=O) groups is 3. The zero-order valence-corrected chi connectivity index (χ0v) is 19.2. The van der Waals surface area contributed by atoms with Crippen molar-refractivity contribution < 1.29 is 32.3 Å². The van der Waals surface area contributed by atoms with Gasteiger partial charge in [0.15, 0.2) is 6.61 Å². The maximum Gasteiger partial charge on any atom is 0.416 e. The summed E-state index contributed by atoms with van der Waals surface area (Å²) < 4.78 is 44.7. The van der Waals surface area contributed by atoms with Gasteiger partial charge in [0.25, 0.3) is 5.91 Å². The number of alkyl halides is 3. The minimum atomic E-state index is -4.62. The van der Waals surface area contributed by atoms with E-state index in [0.29, 0.717) is 5.56 Å². The lowest BCUT2D eigenvalue weighted by Crippen LogP contribution is -2.31. The second kappa shape index (κ2) is 11.8. The first-order valence-electron chi connectivity index (χ1n) is 10.7. The van der Waals surface area contributed by atoms with Gasteiger partial charge in [0.1, 0.15) is 0 Å². The maximum atomic E-state index is 13.2. The summed E-state index contributed by atoms with van der Waals surface area (Å²) in [6.45, 7) is 0.915. The third-order valence-electron chi connectivity index (χ3n) is 4.83. The number of nitrogens with one attached hydrogen (secondary N) is 1. The van der Waals surface area contributed by atoms with Crippen molar-refractivity contribution in [3.63, 3.8) is 0 Å². The molecule has 3 aromatic carbocycles. The van der Waals surface area contributed by atoms with Crippen LogP contribution in [0.4, 0.5) is 18.9 Å². The standard InChI is InChI=1S/C26H22F3N3O4/c1-18(33)30-15-20-10-12-21(13-11-20)25(35)36-17-24(34)32(31-16-19-6-3-2-4-7-19)23-9-5-8-22(14-23)26(27,28)29/h2-14,16H,15,17H2,1H3,(H,30,33)/b31-16+. The zero-order chi connectivity index (χ0) is 26.1. The lowest BCUT2D eigenvalue weighted by Gasteiger charge is -2.18. The van der Waals surface area contributed by atoms with Gasteiger partial charge >= 0.3 is 12.1 Å². The van der Waals surface area contributed by atoms with Crippen molar-refractivity contribution in [2.24, 2.45) is 5.10 Å². The molecule has 0 aliphatic carbocycles. The molecule has 0 heterocycles. The number of nitrogens with zero attached hydrogens (tertiary/aromatic N) is 2. The summed E-state index contributed by atoms with van der Waals surface area (Å²) in [7, 11) is 0. The Morgan fingerprint density at radius 2 is 1.67 bits per heavy atom. The van der Waals surface area contributed by atoms with Gasteiger partial charge in [-0.15, -0.1) is 0 Å². The Labute approximate surface area is 205 Å². The number of benzene rings is 3. The van der Waals surface area contributed by atoms with Gasteiger partial charge in [0.2, 0.25) is 5.91 Å². The Hall–Kier alpha value is -4.47. The third-order valence-corrected chi connectivity index (χ3v) is 4.83. The van der Waals surface area contributed by atoms with Gasteiger partial charge in [-0.1, -0.05) is 48.5 Å². The third kappa shape index (κ3) is 7.52. The fraction of sp³-hybridized carbons (Fsp3) is 0.154. The Kier molecular flexibility index (Phi) is 8.56. The first-order chi connectivity index (χ1) is 17.1. The van der Waals surface area contributed by atoms with Crippen LogP contribution in [0.1, 0.15) is 34.0 Å². The first kappa shape index (κ1) is 26.1. The van der Waals surface area contributed by atoms with Crippen LogP contribution in [0.2, 0.25) is 0 Å². The number of hydrazone groups is 1. The van der Waals surface area contributed by atoms with E-state index in [1.807, 2.05) is 0 Å². The van der Waals surface area contributed by atoms with Crippen LogP contribution in [0.25, 0.3) is 0 Å². The summed E-state index contributed by atoms with van der Waals surface area (Å²) in [5.41, 5.74) is 0.430. The lowest BCUT2D eigenvalue weighted by atomic mass is 10.1. The molecule has 0 bridgehead atoms. The molecule has 0 saturated carbocycles. The minimum absolute atomic E-state index is 0.139. The van der Waals surface area contributed by atoms with E-state index in [-0.39, 0.29) is 23.7 Å². The van der Waals surface area contributed by atoms with Crippen molar-refractivity contribution >= 4 is 29.7 Å². The van der Waals surface area contributed by atoms with Crippen LogP contribution in [0.3, 0.4) is 0 Å². The monoisotopic (exact) mass is 497 g/mol. The molecule has 10 heteroatoms. The number of rotatable bonds is 8. The lowest BCUT2D eigenvalue weighted by molar-refractivity contribution is -0.137. The van der Waals surface area contributed by atoms with E-state index >= 15 is 0 Å². The molecule has 2 amide bonds. The van der Waals surface area contributed by atoms with Crippen molar-refractivity contribution in [3.05, 3.63) is 101 Å². The molecule has 36 heavy (non-hydrogen) atoms. The van der Waals surface area contributed by atoms with E-state index in [1.54, 1.807) is 42.5 Å². The first-order valence-corrected chi connectivity index (χ1v) is 10.7. The summed E-state index contributed by atoms with van der Waals surface area (Å²) in [4.78, 5) is 36.3. The van der Waals surface area contributed by atoms with Gasteiger partial charge in [-0.25, -0.2) is 4.79 Å². The highest BCUT2D eigenvalue weighted by Gasteiger charge is 2.31. The van der Waals surface area contributed by atoms with Crippen molar-refractivity contribution in [1.29, 1.82) is 0 Å². The van der Waals surface area contributed by atoms with Gasteiger partial charge in [-0.05, 0) is 41.5 Å². The van der Waals surface area contributed by atoms with Gasteiger partial charge in [-0.3, -0.25) is 9.59 Å². The molecule has 3 aromatic rings. The van der Waals surface area contributed by atoms with E-state index in [0.717, 1.165) is 28.8 Å². The highest BCUT2D eigenvalue weighted by atomic mass is 19.4. The molecule has 1 N–H and O–H groups in total. The largest absolute Gasteiger partial charge is 0.452 e. The normalized spacial score (nSPS) is 11.2. The van der Waals surface area contributed by atoms with Gasteiger partial charge < -0.3 is 10.1 Å². The summed E-state index contributed by atoms with van der Waals surface area (Å²) >= 11 is 0. The molecule has 0 unspecified atom stereocenters. The van der Waals surface area contributed by atoms with Crippen LogP contribution in [0.15, 0.2) is 84.0 Å². The van der Waals surface area contributed by atoms with E-state index in [9.17, 15) is 27.6 Å². The van der Waals surface area contributed by atoms with Crippen molar-refractivity contribution in [3.8, 4) is 0 Å². The number of anilines is 1. The van der Waals surface area contributed by atoms with Crippen LogP contribution >= 0.6 is 0 Å². The molecule has 0 spiro atoms. The summed E-state index contributed by atoms with van der Waals surface area (Å²) in [5, 5.41) is 7.43. The number of esters is 1. The number of ether oxygens (including phenoxy) is 1. The molecule has 0 saturated heterocycles. The summed E-state index contributed by atoms with van der Waals surface area (Å²) in [6, 6.07) is 19.0. The molecule has 0 atom stereocenters. The second-order valence-corrected chi connectivity index (χ2v) is 7.59. The van der Waals surface area contributed by atoms with Gasteiger partial charge in [0.05, 0.1) is 23.0 Å². The zero-order valence-electron chi connectivity index (χ0n) is 19.2. The Bertz CT molecular complexity index is 1240. The average Bonchev–Trinajstić information content (AvgIpc) is 2.86. The highest BCUT2D eigenvalue weighted by molar-refractivity contribution is 5.98. The fourth-order valence-corrected chi connectivity index (χ4v) is 3.01. The van der Waals surface area contributed by atoms with E-state index in [1.165, 1.54) is 31.3 Å². The second-order valence-electron chi connectivity index (χ2n) is 7.59. The predicted octanol–water partition coefficient (Wildman–Crippen LogP) is 4.57. The molecule has 0 aromatic heterocycles. The predicted molar refractivity (Wildman–Crippen MR) is 127 cm³/mol. The fourth-order valence-electron chi connectivity index (χ4n) is 3.01. The molecule has 186 valence electrons. The maximum absolute atomic E-state index is 13.2. The quantitative estimate of drug-likeness (QED) is 0.281. The molecular formula is C26H22F3N3O4. The number of carbonyl (C=O) groups excluding carboxylic acids is 3. The molecule has 0 aliphatic heterocycles. The van der Waals surface area contributed by atoms with Crippen molar-refractivity contribution in [1.82, 2.24) is 5.32 Å². The van der Waals surface area contributed by atoms with Crippen molar-refractivity contribution in [2.75, 3.05) is 11.6 Å². The Balaban J connectivity index is 1.75. The van der Waals surface area contributed by atoms with E-state index in [4.69, 9.17) is 4.74 Å². The molecular weight excluding hydrogens is 475 g/mol. The van der Waals surface area contributed by atoms with Crippen LogP contribution in [-0.4, -0.2) is 30.6 Å². The van der Waals surface area contributed by atoms with Crippen LogP contribution in [-0.2, 0) is 27.0 Å². The smallest absolute Gasteiger partial charge is 0.416 e. The molecule has 3 rings (SSSR count). The summed E-state index contributed by atoms with van der Waals surface area (Å²) in [6.07, 6.45) is -3.31.